The minimum Gasteiger partial charge on any atom is -0.493 e. The average molecular weight is 544 g/mol. The van der Waals surface area contributed by atoms with Gasteiger partial charge in [-0.2, -0.15) is 13.2 Å². The zero-order valence-corrected chi connectivity index (χ0v) is 23.7. The number of carbonyl (C=O) groups excluding carboxylic acids is 1. The van der Waals surface area contributed by atoms with E-state index in [0.29, 0.717) is 5.75 Å². The summed E-state index contributed by atoms with van der Waals surface area (Å²) < 4.78 is 53.0. The number of hydrogen-bond donors (Lipinski definition) is 0. The Kier molecular flexibility index (Phi) is 9.92. The number of aromatic nitrogens is 1. The van der Waals surface area contributed by atoms with Crippen LogP contribution in [0.4, 0.5) is 13.2 Å². The molecule has 1 aromatic heterocycles. The van der Waals surface area contributed by atoms with E-state index in [1.165, 1.54) is 49.8 Å². The summed E-state index contributed by atoms with van der Waals surface area (Å²) in [6, 6.07) is 14.4. The Morgan fingerprint density at radius 3 is 2.41 bits per heavy atom. The van der Waals surface area contributed by atoms with E-state index >= 15 is 0 Å². The van der Waals surface area contributed by atoms with E-state index in [-0.39, 0.29) is 12.2 Å². The van der Waals surface area contributed by atoms with Crippen molar-refractivity contribution in [2.75, 3.05) is 13.2 Å². The molecule has 1 heterocycles. The van der Waals surface area contributed by atoms with Crippen LogP contribution in [-0.2, 0) is 29.4 Å². The van der Waals surface area contributed by atoms with Gasteiger partial charge < -0.3 is 14.0 Å². The number of halogens is 3. The summed E-state index contributed by atoms with van der Waals surface area (Å²) in [4.78, 5) is 11.8. The van der Waals surface area contributed by atoms with Crippen LogP contribution in [0.15, 0.2) is 54.6 Å². The van der Waals surface area contributed by atoms with E-state index in [0.717, 1.165) is 29.4 Å². The van der Waals surface area contributed by atoms with Gasteiger partial charge in [-0.05, 0) is 55.5 Å². The zero-order valence-electron chi connectivity index (χ0n) is 23.7. The van der Waals surface area contributed by atoms with Crippen LogP contribution in [0, 0.1) is 5.41 Å². The third-order valence-electron chi connectivity index (χ3n) is 7.03. The highest BCUT2D eigenvalue weighted by Gasteiger charge is 2.41. The third kappa shape index (κ3) is 8.13. The van der Waals surface area contributed by atoms with E-state index in [1.54, 1.807) is 6.07 Å². The second kappa shape index (κ2) is 12.8. The summed E-state index contributed by atoms with van der Waals surface area (Å²) in [5, 5.41) is 1.02. The highest BCUT2D eigenvalue weighted by atomic mass is 19.4. The number of alkyl halides is 3. The third-order valence-corrected chi connectivity index (χ3v) is 7.03. The molecule has 1 unspecified atom stereocenters. The highest BCUT2D eigenvalue weighted by molar-refractivity contribution is 5.88. The second-order valence-corrected chi connectivity index (χ2v) is 10.9. The maximum absolute atomic E-state index is 13.3. The first kappa shape index (κ1) is 30.3. The monoisotopic (exact) mass is 543 g/mol. The molecule has 7 heteroatoms. The van der Waals surface area contributed by atoms with Gasteiger partial charge in [0, 0.05) is 40.7 Å². The quantitative estimate of drug-likeness (QED) is 0.123. The number of unbranched alkanes of at least 4 members (excludes halogenated alkanes) is 2. The van der Waals surface area contributed by atoms with Crippen molar-refractivity contribution in [3.8, 4) is 17.0 Å². The standard InChI is InChI=1S/C32H40F3NO3/c1-7-9-10-11-23-12-15-27(24(8-2)16-23)29-17-25-13-14-26(18-28(25)36(29)6)38-20-31(5,19-32(33,34)35)21-39-30(37)22(3)4/h12-18H,3,7-11,19-21H2,1-2,4-6H3. The summed E-state index contributed by atoms with van der Waals surface area (Å²) in [5.74, 6) is -0.265. The van der Waals surface area contributed by atoms with Gasteiger partial charge in [0.15, 0.2) is 0 Å². The van der Waals surface area contributed by atoms with Crippen molar-refractivity contribution >= 4 is 16.9 Å². The molecule has 0 saturated heterocycles. The molecule has 39 heavy (non-hydrogen) atoms. The average Bonchev–Trinajstić information content (AvgIpc) is 3.20. The number of carbonyl (C=O) groups is 1. The number of rotatable bonds is 13. The topological polar surface area (TPSA) is 40.5 Å². The molecule has 0 bridgehead atoms. The number of aryl methyl sites for hydroxylation is 3. The van der Waals surface area contributed by atoms with Crippen molar-refractivity contribution in [1.29, 1.82) is 0 Å². The Bertz CT molecular complexity index is 1310. The van der Waals surface area contributed by atoms with Gasteiger partial charge in [0.25, 0.3) is 0 Å². The number of ether oxygens (including phenoxy) is 2. The van der Waals surface area contributed by atoms with Gasteiger partial charge in [-0.25, -0.2) is 4.79 Å². The van der Waals surface area contributed by atoms with Crippen LogP contribution in [0.2, 0.25) is 0 Å². The Hall–Kier alpha value is -3.22. The van der Waals surface area contributed by atoms with Crippen molar-refractivity contribution in [3.05, 3.63) is 65.7 Å². The lowest BCUT2D eigenvalue weighted by molar-refractivity contribution is -0.173. The van der Waals surface area contributed by atoms with E-state index in [4.69, 9.17) is 9.47 Å². The zero-order chi connectivity index (χ0) is 28.8. The van der Waals surface area contributed by atoms with Crippen LogP contribution >= 0.6 is 0 Å². The van der Waals surface area contributed by atoms with Gasteiger partial charge in [0.05, 0.1) is 18.5 Å². The molecule has 0 spiro atoms. The van der Waals surface area contributed by atoms with Crippen molar-refractivity contribution < 1.29 is 27.4 Å². The molecule has 1 atom stereocenters. The van der Waals surface area contributed by atoms with E-state index in [9.17, 15) is 18.0 Å². The molecule has 4 nitrogen and oxygen atoms in total. The summed E-state index contributed by atoms with van der Waals surface area (Å²) in [7, 11) is 1.99. The lowest BCUT2D eigenvalue weighted by Crippen LogP contribution is -2.36. The Labute approximate surface area is 229 Å². The number of fused-ring (bicyclic) bond motifs is 1. The van der Waals surface area contributed by atoms with Crippen molar-refractivity contribution in [3.63, 3.8) is 0 Å². The van der Waals surface area contributed by atoms with Gasteiger partial charge in [0.1, 0.15) is 12.4 Å². The molecule has 3 rings (SSSR count). The fraction of sp³-hybridized carbons (Fsp3) is 0.469. The molecule has 0 aliphatic carbocycles. The maximum atomic E-state index is 13.3. The molecule has 0 radical (unpaired) electrons. The molecule has 0 N–H and O–H groups in total. The summed E-state index contributed by atoms with van der Waals surface area (Å²) >= 11 is 0. The van der Waals surface area contributed by atoms with E-state index < -0.39 is 30.6 Å². The van der Waals surface area contributed by atoms with Crippen molar-refractivity contribution in [2.24, 2.45) is 12.5 Å². The van der Waals surface area contributed by atoms with Gasteiger partial charge in [-0.15, -0.1) is 0 Å². The number of hydrogen-bond acceptors (Lipinski definition) is 3. The van der Waals surface area contributed by atoms with Crippen LogP contribution in [0.25, 0.3) is 22.2 Å². The van der Waals surface area contributed by atoms with Gasteiger partial charge in [-0.3, -0.25) is 0 Å². The van der Waals surface area contributed by atoms with Crippen LogP contribution in [0.5, 0.6) is 5.75 Å². The Balaban J connectivity index is 1.84. The van der Waals surface area contributed by atoms with E-state index in [2.05, 4.69) is 49.3 Å². The molecule has 212 valence electrons. The molecule has 0 amide bonds. The SMILES string of the molecule is C=C(C)C(=O)OCC(C)(COc1ccc2cc(-c3ccc(CCCCC)cc3CC)n(C)c2c1)CC(F)(F)F. The molecule has 0 aliphatic rings. The first-order chi connectivity index (χ1) is 18.4. The van der Waals surface area contributed by atoms with Crippen LogP contribution in [0.3, 0.4) is 0 Å². The molecular weight excluding hydrogens is 503 g/mol. The highest BCUT2D eigenvalue weighted by Crippen LogP contribution is 2.36. The predicted octanol–water partition coefficient (Wildman–Crippen LogP) is 8.60. The summed E-state index contributed by atoms with van der Waals surface area (Å²) in [6.45, 7) is 10.0. The molecule has 0 fully saturated rings. The Morgan fingerprint density at radius 2 is 1.77 bits per heavy atom. The fourth-order valence-corrected chi connectivity index (χ4v) is 4.83. The van der Waals surface area contributed by atoms with Gasteiger partial charge >= 0.3 is 12.1 Å². The normalized spacial score (nSPS) is 13.3. The maximum Gasteiger partial charge on any atom is 0.389 e. The van der Waals surface area contributed by atoms with Gasteiger partial charge in [-0.1, -0.05) is 58.4 Å². The first-order valence-corrected chi connectivity index (χ1v) is 13.6. The lowest BCUT2D eigenvalue weighted by atomic mass is 9.88. The fourth-order valence-electron chi connectivity index (χ4n) is 4.83. The first-order valence-electron chi connectivity index (χ1n) is 13.6. The van der Waals surface area contributed by atoms with Crippen LogP contribution < -0.4 is 4.74 Å². The number of esters is 1. The summed E-state index contributed by atoms with van der Waals surface area (Å²) in [6.07, 6.45) is 0.0308. The molecule has 3 aromatic rings. The number of benzene rings is 2. The molecule has 2 aromatic carbocycles. The van der Waals surface area contributed by atoms with Crippen LogP contribution in [0.1, 0.15) is 64.5 Å². The predicted molar refractivity (Wildman–Crippen MR) is 151 cm³/mol. The lowest BCUT2D eigenvalue weighted by Gasteiger charge is -2.30. The van der Waals surface area contributed by atoms with Crippen molar-refractivity contribution in [2.45, 2.75) is 72.4 Å². The van der Waals surface area contributed by atoms with Gasteiger partial charge in [0.2, 0.25) is 0 Å². The minimum absolute atomic E-state index is 0.132. The van der Waals surface area contributed by atoms with Crippen LogP contribution in [-0.4, -0.2) is 29.9 Å². The van der Waals surface area contributed by atoms with Crippen molar-refractivity contribution in [1.82, 2.24) is 4.57 Å². The Morgan fingerprint density at radius 1 is 1.03 bits per heavy atom. The largest absolute Gasteiger partial charge is 0.493 e. The minimum atomic E-state index is -4.44. The molecular formula is C32H40F3NO3. The summed E-state index contributed by atoms with van der Waals surface area (Å²) in [5.41, 5.74) is 4.50. The molecule has 0 saturated carbocycles. The smallest absolute Gasteiger partial charge is 0.389 e. The second-order valence-electron chi connectivity index (χ2n) is 10.9. The molecule has 0 aliphatic heterocycles. The number of nitrogens with zero attached hydrogens (tertiary/aromatic N) is 1. The van der Waals surface area contributed by atoms with E-state index in [1.807, 2.05) is 19.2 Å².